The van der Waals surface area contributed by atoms with E-state index in [1.54, 1.807) is 14.2 Å². The van der Waals surface area contributed by atoms with Crippen molar-refractivity contribution in [3.63, 3.8) is 0 Å². The van der Waals surface area contributed by atoms with Crippen molar-refractivity contribution in [2.45, 2.75) is 32.2 Å². The van der Waals surface area contributed by atoms with Crippen LogP contribution < -0.4 is 14.8 Å². The van der Waals surface area contributed by atoms with Gasteiger partial charge in [-0.15, -0.1) is 0 Å². The topological polar surface area (TPSA) is 49.0 Å². The van der Waals surface area contributed by atoms with Gasteiger partial charge >= 0.3 is 0 Å². The molecule has 1 aliphatic heterocycles. The molecule has 0 aromatic heterocycles. The van der Waals surface area contributed by atoms with E-state index < -0.39 is 0 Å². The van der Waals surface area contributed by atoms with Crippen LogP contribution in [0.15, 0.2) is 18.2 Å². The SMILES string of the molecule is COc1ccc(COCC2CNCC(C)(C)O2)cc1OC. The molecule has 1 unspecified atom stereocenters. The van der Waals surface area contributed by atoms with Crippen LogP contribution in [0.3, 0.4) is 0 Å². The Morgan fingerprint density at radius 3 is 2.67 bits per heavy atom. The zero-order valence-corrected chi connectivity index (χ0v) is 13.3. The molecule has 0 bridgehead atoms. The second-order valence-electron chi connectivity index (χ2n) is 5.83. The van der Waals surface area contributed by atoms with Crippen molar-refractivity contribution in [1.82, 2.24) is 5.32 Å². The summed E-state index contributed by atoms with van der Waals surface area (Å²) in [5.74, 6) is 1.44. The summed E-state index contributed by atoms with van der Waals surface area (Å²) >= 11 is 0. The first-order valence-electron chi connectivity index (χ1n) is 7.21. The molecule has 118 valence electrons. The van der Waals surface area contributed by atoms with Gasteiger partial charge in [-0.3, -0.25) is 0 Å². The average Bonchev–Trinajstić information content (AvgIpc) is 2.46. The maximum atomic E-state index is 5.96. The molecule has 0 radical (unpaired) electrons. The van der Waals surface area contributed by atoms with E-state index in [4.69, 9.17) is 18.9 Å². The van der Waals surface area contributed by atoms with Gasteiger partial charge < -0.3 is 24.3 Å². The molecule has 1 fully saturated rings. The molecular weight excluding hydrogens is 270 g/mol. The van der Waals surface area contributed by atoms with Crippen LogP contribution in [-0.2, 0) is 16.1 Å². The van der Waals surface area contributed by atoms with Crippen LogP contribution in [0.25, 0.3) is 0 Å². The Bertz CT molecular complexity index is 462. The number of hydrogen-bond acceptors (Lipinski definition) is 5. The maximum Gasteiger partial charge on any atom is 0.161 e. The molecule has 0 aliphatic carbocycles. The maximum absolute atomic E-state index is 5.96. The van der Waals surface area contributed by atoms with E-state index in [9.17, 15) is 0 Å². The second kappa shape index (κ2) is 7.11. The van der Waals surface area contributed by atoms with E-state index >= 15 is 0 Å². The Hall–Kier alpha value is -1.30. The molecule has 2 rings (SSSR count). The standard InChI is InChI=1S/C16H25NO4/c1-16(2)11-17-8-13(21-16)10-20-9-12-5-6-14(18-3)15(7-12)19-4/h5-7,13,17H,8-11H2,1-4H3. The number of morpholine rings is 1. The molecular formula is C16H25NO4. The van der Waals surface area contributed by atoms with Gasteiger partial charge in [0.2, 0.25) is 0 Å². The smallest absolute Gasteiger partial charge is 0.161 e. The van der Waals surface area contributed by atoms with E-state index in [0.29, 0.717) is 13.2 Å². The first-order chi connectivity index (χ1) is 10.0. The van der Waals surface area contributed by atoms with Crippen LogP contribution in [0.5, 0.6) is 11.5 Å². The first-order valence-corrected chi connectivity index (χ1v) is 7.21. The number of hydrogen-bond donors (Lipinski definition) is 1. The fourth-order valence-electron chi connectivity index (χ4n) is 2.44. The van der Waals surface area contributed by atoms with Crippen molar-refractivity contribution >= 4 is 0 Å². The summed E-state index contributed by atoms with van der Waals surface area (Å²) in [6, 6.07) is 5.80. The van der Waals surface area contributed by atoms with Gasteiger partial charge in [-0.05, 0) is 31.5 Å². The lowest BCUT2D eigenvalue weighted by Crippen LogP contribution is -2.51. The van der Waals surface area contributed by atoms with E-state index in [0.717, 1.165) is 30.2 Å². The third kappa shape index (κ3) is 4.59. The van der Waals surface area contributed by atoms with Crippen LogP contribution in [0.4, 0.5) is 0 Å². The van der Waals surface area contributed by atoms with Crippen LogP contribution in [0, 0.1) is 0 Å². The lowest BCUT2D eigenvalue weighted by Gasteiger charge is -2.36. The molecule has 1 saturated heterocycles. The summed E-state index contributed by atoms with van der Waals surface area (Å²) in [5, 5.41) is 3.37. The fourth-order valence-corrected chi connectivity index (χ4v) is 2.44. The predicted octanol–water partition coefficient (Wildman–Crippen LogP) is 1.99. The van der Waals surface area contributed by atoms with Gasteiger partial charge in [-0.25, -0.2) is 0 Å². The number of methoxy groups -OCH3 is 2. The third-order valence-corrected chi connectivity index (χ3v) is 3.43. The molecule has 5 nitrogen and oxygen atoms in total. The number of ether oxygens (including phenoxy) is 4. The van der Waals surface area contributed by atoms with Crippen LogP contribution in [0.1, 0.15) is 19.4 Å². The Labute approximate surface area is 126 Å². The summed E-state index contributed by atoms with van der Waals surface area (Å²) in [6.45, 7) is 6.97. The Balaban J connectivity index is 1.83. The van der Waals surface area contributed by atoms with E-state index in [1.165, 1.54) is 0 Å². The van der Waals surface area contributed by atoms with Gasteiger partial charge in [0.1, 0.15) is 0 Å². The van der Waals surface area contributed by atoms with Crippen molar-refractivity contribution in [2.24, 2.45) is 0 Å². The van der Waals surface area contributed by atoms with Gasteiger partial charge in [0.15, 0.2) is 11.5 Å². The molecule has 1 aromatic rings. The Morgan fingerprint density at radius 2 is 2.00 bits per heavy atom. The van der Waals surface area contributed by atoms with Gasteiger partial charge in [0.05, 0.1) is 39.1 Å². The Morgan fingerprint density at radius 1 is 1.24 bits per heavy atom. The first kappa shape index (κ1) is 16.1. The largest absolute Gasteiger partial charge is 0.493 e. The van der Waals surface area contributed by atoms with Crippen LogP contribution in [0.2, 0.25) is 0 Å². The monoisotopic (exact) mass is 295 g/mol. The van der Waals surface area contributed by atoms with E-state index in [2.05, 4.69) is 19.2 Å². The summed E-state index contributed by atoms with van der Waals surface area (Å²) in [4.78, 5) is 0. The van der Waals surface area contributed by atoms with Gasteiger partial charge in [0.25, 0.3) is 0 Å². The lowest BCUT2D eigenvalue weighted by atomic mass is 10.1. The molecule has 1 N–H and O–H groups in total. The normalized spacial score (nSPS) is 21.0. The molecule has 1 heterocycles. The molecule has 1 aromatic carbocycles. The number of rotatable bonds is 6. The third-order valence-electron chi connectivity index (χ3n) is 3.43. The minimum Gasteiger partial charge on any atom is -0.493 e. The fraction of sp³-hybridized carbons (Fsp3) is 0.625. The zero-order valence-electron chi connectivity index (χ0n) is 13.3. The highest BCUT2D eigenvalue weighted by Crippen LogP contribution is 2.27. The van der Waals surface area contributed by atoms with Crippen LogP contribution >= 0.6 is 0 Å². The summed E-state index contributed by atoms with van der Waals surface area (Å²) < 4.78 is 22.2. The lowest BCUT2D eigenvalue weighted by molar-refractivity contribution is -0.122. The summed E-state index contributed by atoms with van der Waals surface area (Å²) in [5.41, 5.74) is 0.922. The highest BCUT2D eigenvalue weighted by Gasteiger charge is 2.28. The van der Waals surface area contributed by atoms with E-state index in [1.807, 2.05) is 18.2 Å². The molecule has 5 heteroatoms. The summed E-state index contributed by atoms with van der Waals surface area (Å²) in [6.07, 6.45) is 0.0916. The van der Waals surface area contributed by atoms with Crippen molar-refractivity contribution in [2.75, 3.05) is 33.9 Å². The number of benzene rings is 1. The van der Waals surface area contributed by atoms with Crippen molar-refractivity contribution < 1.29 is 18.9 Å². The van der Waals surface area contributed by atoms with Crippen molar-refractivity contribution in [1.29, 1.82) is 0 Å². The minimum absolute atomic E-state index is 0.0916. The highest BCUT2D eigenvalue weighted by molar-refractivity contribution is 5.42. The predicted molar refractivity (Wildman–Crippen MR) is 81.0 cm³/mol. The average molecular weight is 295 g/mol. The van der Waals surface area contributed by atoms with Gasteiger partial charge in [-0.2, -0.15) is 0 Å². The molecule has 0 amide bonds. The van der Waals surface area contributed by atoms with Gasteiger partial charge in [-0.1, -0.05) is 6.07 Å². The van der Waals surface area contributed by atoms with Crippen LogP contribution in [-0.4, -0.2) is 45.6 Å². The molecule has 1 aliphatic rings. The van der Waals surface area contributed by atoms with Gasteiger partial charge in [0, 0.05) is 13.1 Å². The van der Waals surface area contributed by atoms with Crippen molar-refractivity contribution in [3.05, 3.63) is 23.8 Å². The number of nitrogens with one attached hydrogen (secondary N) is 1. The van der Waals surface area contributed by atoms with E-state index in [-0.39, 0.29) is 11.7 Å². The summed E-state index contributed by atoms with van der Waals surface area (Å²) in [7, 11) is 3.26. The quantitative estimate of drug-likeness (QED) is 0.870. The Kier molecular flexibility index (Phi) is 5.45. The minimum atomic E-state index is -0.129. The zero-order chi connectivity index (χ0) is 15.3. The van der Waals surface area contributed by atoms with Crippen molar-refractivity contribution in [3.8, 4) is 11.5 Å². The molecule has 1 atom stereocenters. The molecule has 21 heavy (non-hydrogen) atoms. The second-order valence-corrected chi connectivity index (χ2v) is 5.83. The highest BCUT2D eigenvalue weighted by atomic mass is 16.5. The molecule has 0 spiro atoms. The molecule has 0 saturated carbocycles.